The molecule has 1 aromatic carbocycles. The molecule has 2 atom stereocenters. The minimum absolute atomic E-state index is 0.0295. The molecule has 2 aliphatic rings. The zero-order chi connectivity index (χ0) is 19.3. The number of fused-ring (bicyclic) bond motifs is 3. The fourth-order valence-electron chi connectivity index (χ4n) is 4.37. The van der Waals surface area contributed by atoms with Gasteiger partial charge in [0.2, 0.25) is 10.0 Å². The number of sulfonamides is 1. The normalized spacial score (nSPS) is 22.0. The van der Waals surface area contributed by atoms with Crippen molar-refractivity contribution in [1.82, 2.24) is 24.3 Å². The summed E-state index contributed by atoms with van der Waals surface area (Å²) in [5.74, 6) is 0. The van der Waals surface area contributed by atoms with Gasteiger partial charge in [-0.3, -0.25) is 4.98 Å². The van der Waals surface area contributed by atoms with Crippen LogP contribution in [0.3, 0.4) is 0 Å². The second kappa shape index (κ2) is 6.49. The monoisotopic (exact) mass is 395 g/mol. The topological polar surface area (TPSA) is 81.0 Å². The lowest BCUT2D eigenvalue weighted by Crippen LogP contribution is -2.47. The fraction of sp³-hybridized carbons (Fsp3) is 0.350. The van der Waals surface area contributed by atoms with Gasteiger partial charge in [-0.25, -0.2) is 13.1 Å². The summed E-state index contributed by atoms with van der Waals surface area (Å²) in [6.07, 6.45) is 6.19. The highest BCUT2D eigenvalue weighted by Gasteiger charge is 2.45. The van der Waals surface area contributed by atoms with Crippen molar-refractivity contribution < 1.29 is 8.42 Å². The standard InChI is InChI=1S/C20H21N5O2S/c1-14-7-9-16(10-8-14)28(26,27)24-13-19-20(15-4-3-11-21-12-15)22-23-25(19)18-6-2-5-17(18)24/h3-4,7-12,17-18H,2,5-6,13H2,1H3/t17-,18-/m0/s1. The van der Waals surface area contributed by atoms with Gasteiger partial charge in [0.1, 0.15) is 5.69 Å². The molecule has 1 saturated carbocycles. The molecule has 5 rings (SSSR count). The van der Waals surface area contributed by atoms with E-state index in [1.54, 1.807) is 28.8 Å². The van der Waals surface area contributed by atoms with Gasteiger partial charge in [0.25, 0.3) is 0 Å². The fourth-order valence-corrected chi connectivity index (χ4v) is 6.02. The van der Waals surface area contributed by atoms with Crippen LogP contribution in [0.5, 0.6) is 0 Å². The summed E-state index contributed by atoms with van der Waals surface area (Å²) in [6, 6.07) is 10.8. The van der Waals surface area contributed by atoms with Crippen LogP contribution < -0.4 is 0 Å². The Balaban J connectivity index is 1.61. The van der Waals surface area contributed by atoms with E-state index in [1.807, 2.05) is 35.9 Å². The molecule has 1 aliphatic heterocycles. The SMILES string of the molecule is Cc1ccc(S(=O)(=O)N2Cc3c(-c4cccnc4)nnn3[C@H]3CCC[C@@H]32)cc1. The molecule has 0 spiro atoms. The summed E-state index contributed by atoms with van der Waals surface area (Å²) in [6.45, 7) is 2.23. The lowest BCUT2D eigenvalue weighted by Gasteiger charge is -2.37. The van der Waals surface area contributed by atoms with Gasteiger partial charge in [-0.05, 0) is 50.5 Å². The second-order valence-electron chi connectivity index (χ2n) is 7.50. The summed E-state index contributed by atoms with van der Waals surface area (Å²) in [5.41, 5.74) is 3.44. The highest BCUT2D eigenvalue weighted by Crippen LogP contribution is 2.42. The van der Waals surface area contributed by atoms with Crippen molar-refractivity contribution in [3.8, 4) is 11.3 Å². The predicted octanol–water partition coefficient (Wildman–Crippen LogP) is 2.95. The zero-order valence-electron chi connectivity index (χ0n) is 15.6. The average molecular weight is 395 g/mol. The van der Waals surface area contributed by atoms with Crippen LogP contribution in [0.4, 0.5) is 0 Å². The average Bonchev–Trinajstić information content (AvgIpc) is 3.35. The number of nitrogens with zero attached hydrogens (tertiary/aromatic N) is 5. The van der Waals surface area contributed by atoms with Crippen LogP contribution in [0.2, 0.25) is 0 Å². The number of aryl methyl sites for hydroxylation is 1. The number of rotatable bonds is 3. The summed E-state index contributed by atoms with van der Waals surface area (Å²) < 4.78 is 30.6. The first-order valence-electron chi connectivity index (χ1n) is 9.49. The quantitative estimate of drug-likeness (QED) is 0.681. The van der Waals surface area contributed by atoms with E-state index in [2.05, 4.69) is 15.3 Å². The van der Waals surface area contributed by atoms with Gasteiger partial charge in [-0.2, -0.15) is 4.31 Å². The Morgan fingerprint density at radius 3 is 2.61 bits per heavy atom. The maximum Gasteiger partial charge on any atom is 0.243 e. The Hall–Kier alpha value is -2.58. The van der Waals surface area contributed by atoms with Crippen molar-refractivity contribution >= 4 is 10.0 Å². The van der Waals surface area contributed by atoms with E-state index in [0.29, 0.717) is 10.6 Å². The van der Waals surface area contributed by atoms with Crippen molar-refractivity contribution in [3.63, 3.8) is 0 Å². The molecule has 7 nitrogen and oxygen atoms in total. The summed E-state index contributed by atoms with van der Waals surface area (Å²) in [7, 11) is -3.60. The first-order chi connectivity index (χ1) is 13.6. The van der Waals surface area contributed by atoms with E-state index < -0.39 is 10.0 Å². The maximum absolute atomic E-state index is 13.5. The van der Waals surface area contributed by atoms with Gasteiger partial charge in [0.05, 0.1) is 23.2 Å². The second-order valence-corrected chi connectivity index (χ2v) is 9.39. The molecule has 8 heteroatoms. The number of benzene rings is 1. The van der Waals surface area contributed by atoms with Crippen molar-refractivity contribution in [2.24, 2.45) is 0 Å². The van der Waals surface area contributed by atoms with E-state index in [4.69, 9.17) is 0 Å². The van der Waals surface area contributed by atoms with Gasteiger partial charge in [-0.1, -0.05) is 22.9 Å². The van der Waals surface area contributed by atoms with Gasteiger partial charge >= 0.3 is 0 Å². The lowest BCUT2D eigenvalue weighted by molar-refractivity contribution is 0.201. The minimum Gasteiger partial charge on any atom is -0.264 e. The van der Waals surface area contributed by atoms with Gasteiger partial charge < -0.3 is 0 Å². The highest BCUT2D eigenvalue weighted by atomic mass is 32.2. The maximum atomic E-state index is 13.5. The van der Waals surface area contributed by atoms with Gasteiger partial charge in [0.15, 0.2) is 0 Å². The number of hydrogen-bond acceptors (Lipinski definition) is 5. The molecule has 1 fully saturated rings. The molecule has 144 valence electrons. The zero-order valence-corrected chi connectivity index (χ0v) is 16.4. The van der Waals surface area contributed by atoms with Crippen molar-refractivity contribution in [3.05, 3.63) is 60.0 Å². The molecule has 0 unspecified atom stereocenters. The lowest BCUT2D eigenvalue weighted by atomic mass is 10.1. The van der Waals surface area contributed by atoms with Crippen LogP contribution in [-0.2, 0) is 16.6 Å². The van der Waals surface area contributed by atoms with Crippen LogP contribution >= 0.6 is 0 Å². The van der Waals surface area contributed by atoms with Crippen molar-refractivity contribution in [2.45, 2.75) is 49.7 Å². The molecule has 0 saturated heterocycles. The molecule has 28 heavy (non-hydrogen) atoms. The van der Waals surface area contributed by atoms with Crippen LogP contribution in [0, 0.1) is 6.92 Å². The Morgan fingerprint density at radius 2 is 1.86 bits per heavy atom. The molecule has 1 aliphatic carbocycles. The van der Waals surface area contributed by atoms with Gasteiger partial charge in [-0.15, -0.1) is 5.10 Å². The summed E-state index contributed by atoms with van der Waals surface area (Å²) in [5, 5.41) is 8.77. The predicted molar refractivity (Wildman–Crippen MR) is 104 cm³/mol. The van der Waals surface area contributed by atoms with Crippen molar-refractivity contribution in [2.75, 3.05) is 0 Å². The molecule has 0 bridgehead atoms. The molecular weight excluding hydrogens is 374 g/mol. The van der Waals surface area contributed by atoms with Crippen LogP contribution in [0.1, 0.15) is 36.6 Å². The van der Waals surface area contributed by atoms with Crippen LogP contribution in [0.15, 0.2) is 53.7 Å². The first-order valence-corrected chi connectivity index (χ1v) is 10.9. The molecule has 0 radical (unpaired) electrons. The van der Waals surface area contributed by atoms with Gasteiger partial charge in [0, 0.05) is 24.0 Å². The summed E-state index contributed by atoms with van der Waals surface area (Å²) >= 11 is 0. The molecule has 0 N–H and O–H groups in total. The number of hydrogen-bond donors (Lipinski definition) is 0. The van der Waals surface area contributed by atoms with E-state index >= 15 is 0 Å². The Kier molecular flexibility index (Phi) is 4.06. The smallest absolute Gasteiger partial charge is 0.243 e. The molecule has 2 aromatic heterocycles. The Labute approximate surface area is 164 Å². The number of aromatic nitrogens is 4. The molecule has 3 aromatic rings. The largest absolute Gasteiger partial charge is 0.264 e. The summed E-state index contributed by atoms with van der Waals surface area (Å²) in [4.78, 5) is 4.51. The van der Waals surface area contributed by atoms with Crippen LogP contribution in [-0.4, -0.2) is 38.7 Å². The Morgan fingerprint density at radius 1 is 1.07 bits per heavy atom. The molecule has 0 amide bonds. The minimum atomic E-state index is -3.60. The third kappa shape index (κ3) is 2.67. The van der Waals surface area contributed by atoms with Crippen LogP contribution in [0.25, 0.3) is 11.3 Å². The van der Waals surface area contributed by atoms with Crippen molar-refractivity contribution in [1.29, 1.82) is 0 Å². The molecule has 3 heterocycles. The molecular formula is C20H21N5O2S. The van der Waals surface area contributed by atoms with E-state index in [9.17, 15) is 8.42 Å². The third-order valence-corrected chi connectivity index (χ3v) is 7.67. The third-order valence-electron chi connectivity index (χ3n) is 5.79. The first kappa shape index (κ1) is 17.5. The van der Waals surface area contributed by atoms with E-state index in [1.165, 1.54) is 0 Å². The highest BCUT2D eigenvalue weighted by molar-refractivity contribution is 7.89. The Bertz CT molecular complexity index is 1110. The van der Waals surface area contributed by atoms with E-state index in [-0.39, 0.29) is 18.6 Å². The number of pyridine rings is 1. The van der Waals surface area contributed by atoms with E-state index in [0.717, 1.165) is 36.1 Å².